The Morgan fingerprint density at radius 1 is 1.42 bits per heavy atom. The molecule has 104 valence electrons. The van der Waals surface area contributed by atoms with Gasteiger partial charge in [-0.3, -0.25) is 4.79 Å². The molecule has 5 nitrogen and oxygen atoms in total. The van der Waals surface area contributed by atoms with E-state index < -0.39 is 11.6 Å². The number of amides is 1. The molecule has 0 aromatic carbocycles. The monoisotopic (exact) mass is 283 g/mol. The lowest BCUT2D eigenvalue weighted by atomic mass is 9.91. The van der Waals surface area contributed by atoms with Gasteiger partial charge in [0.05, 0.1) is 4.88 Å². The highest BCUT2D eigenvalue weighted by atomic mass is 32.1. The van der Waals surface area contributed by atoms with Gasteiger partial charge in [0.15, 0.2) is 5.60 Å². The molecular formula is C13H17NO4S. The maximum Gasteiger partial charge on any atom is 0.335 e. The second kappa shape index (κ2) is 5.30. The zero-order chi connectivity index (χ0) is 14.0. The number of aryl methyl sites for hydroxylation is 1. The molecule has 0 aliphatic carbocycles. The summed E-state index contributed by atoms with van der Waals surface area (Å²) in [5, 5.41) is 20.7. The second-order valence-electron chi connectivity index (χ2n) is 4.76. The van der Waals surface area contributed by atoms with Gasteiger partial charge >= 0.3 is 5.97 Å². The highest BCUT2D eigenvalue weighted by Crippen LogP contribution is 2.26. The fraction of sp³-hybridized carbons (Fsp3) is 0.538. The summed E-state index contributed by atoms with van der Waals surface area (Å²) in [4.78, 5) is 25.6. The first kappa shape index (κ1) is 14.0. The van der Waals surface area contributed by atoms with E-state index in [1.54, 1.807) is 4.90 Å². The smallest absolute Gasteiger partial charge is 0.335 e. The zero-order valence-electron chi connectivity index (χ0n) is 10.8. The molecule has 6 heteroatoms. The average Bonchev–Trinajstić information content (AvgIpc) is 2.87. The number of likely N-dealkylation sites (tertiary alicyclic amines) is 1. The number of hydrogen-bond acceptors (Lipinski definition) is 4. The van der Waals surface area contributed by atoms with Crippen molar-refractivity contribution in [3.8, 4) is 0 Å². The average molecular weight is 283 g/mol. The largest absolute Gasteiger partial charge is 0.479 e. The number of carboxylic acid groups (broad SMARTS) is 1. The van der Waals surface area contributed by atoms with Crippen LogP contribution >= 0.6 is 11.3 Å². The van der Waals surface area contributed by atoms with E-state index in [0.717, 1.165) is 16.9 Å². The summed E-state index contributed by atoms with van der Waals surface area (Å²) in [6, 6.07) is 1.94. The Hall–Kier alpha value is -1.40. The number of rotatable bonds is 3. The number of carboxylic acids is 1. The minimum atomic E-state index is -1.68. The highest BCUT2D eigenvalue weighted by Gasteiger charge is 2.40. The standard InChI is InChI=1S/C13H17NO4S/c1-2-9-3-8-19-10(9)11(15)14-6-4-13(18,5-7-14)12(16)17/h3,8,18H,2,4-7H2,1H3,(H,16,17). The molecule has 0 atom stereocenters. The first-order valence-corrected chi connectivity index (χ1v) is 7.17. The molecule has 2 rings (SSSR count). The second-order valence-corrected chi connectivity index (χ2v) is 5.67. The first-order valence-electron chi connectivity index (χ1n) is 6.29. The Morgan fingerprint density at radius 2 is 2.05 bits per heavy atom. The molecule has 0 spiro atoms. The van der Waals surface area contributed by atoms with Crippen molar-refractivity contribution < 1.29 is 19.8 Å². The number of nitrogens with zero attached hydrogens (tertiary/aromatic N) is 1. The first-order chi connectivity index (χ1) is 8.98. The predicted octanol–water partition coefficient (Wildman–Crippen LogP) is 1.36. The fourth-order valence-corrected chi connectivity index (χ4v) is 3.20. The zero-order valence-corrected chi connectivity index (χ0v) is 11.6. The van der Waals surface area contributed by atoms with E-state index >= 15 is 0 Å². The highest BCUT2D eigenvalue weighted by molar-refractivity contribution is 7.12. The lowest BCUT2D eigenvalue weighted by Crippen LogP contribution is -2.50. The van der Waals surface area contributed by atoms with Crippen molar-refractivity contribution >= 4 is 23.2 Å². The maximum atomic E-state index is 12.3. The molecule has 2 N–H and O–H groups in total. The molecule has 0 unspecified atom stereocenters. The van der Waals surface area contributed by atoms with Crippen molar-refractivity contribution in [1.82, 2.24) is 4.90 Å². The molecule has 2 heterocycles. The van der Waals surface area contributed by atoms with E-state index in [1.165, 1.54) is 11.3 Å². The number of aliphatic carboxylic acids is 1. The van der Waals surface area contributed by atoms with E-state index in [9.17, 15) is 14.7 Å². The van der Waals surface area contributed by atoms with E-state index in [2.05, 4.69) is 0 Å². The molecule has 0 radical (unpaired) electrons. The Kier molecular flexibility index (Phi) is 3.91. The van der Waals surface area contributed by atoms with Gasteiger partial charge in [-0.05, 0) is 23.4 Å². The molecule has 1 saturated heterocycles. The number of thiophene rings is 1. The third-order valence-corrected chi connectivity index (χ3v) is 4.54. The molecule has 1 aromatic heterocycles. The van der Waals surface area contributed by atoms with Crippen LogP contribution in [0.3, 0.4) is 0 Å². The Labute approximate surface area is 115 Å². The molecule has 19 heavy (non-hydrogen) atoms. The summed E-state index contributed by atoms with van der Waals surface area (Å²) in [6.45, 7) is 2.56. The summed E-state index contributed by atoms with van der Waals surface area (Å²) < 4.78 is 0. The Bertz CT molecular complexity index is 489. The third kappa shape index (κ3) is 2.64. The number of piperidine rings is 1. The number of carbonyl (C=O) groups is 2. The maximum absolute atomic E-state index is 12.3. The van der Waals surface area contributed by atoms with Crippen LogP contribution in [0.5, 0.6) is 0 Å². The van der Waals surface area contributed by atoms with Gasteiger partial charge in [-0.2, -0.15) is 0 Å². The number of aliphatic hydroxyl groups is 1. The topological polar surface area (TPSA) is 77.8 Å². The van der Waals surface area contributed by atoms with Crippen molar-refractivity contribution in [3.05, 3.63) is 21.9 Å². The van der Waals surface area contributed by atoms with Crippen LogP contribution in [0.25, 0.3) is 0 Å². The Morgan fingerprint density at radius 3 is 2.58 bits per heavy atom. The van der Waals surface area contributed by atoms with Crippen LogP contribution in [0.4, 0.5) is 0 Å². The van der Waals surface area contributed by atoms with Crippen molar-refractivity contribution in [1.29, 1.82) is 0 Å². The van der Waals surface area contributed by atoms with E-state index in [4.69, 9.17) is 5.11 Å². The molecule has 1 amide bonds. The van der Waals surface area contributed by atoms with Crippen LogP contribution in [0.1, 0.15) is 35.0 Å². The molecule has 1 aromatic rings. The van der Waals surface area contributed by atoms with Crippen LogP contribution < -0.4 is 0 Å². The number of carbonyl (C=O) groups excluding carboxylic acids is 1. The van der Waals surface area contributed by atoms with Gasteiger partial charge in [0, 0.05) is 25.9 Å². The van der Waals surface area contributed by atoms with Crippen LogP contribution in [-0.2, 0) is 11.2 Å². The normalized spacial score (nSPS) is 18.3. The summed E-state index contributed by atoms with van der Waals surface area (Å²) in [6.07, 6.45) is 0.972. The SMILES string of the molecule is CCc1ccsc1C(=O)N1CCC(O)(C(=O)O)CC1. The third-order valence-electron chi connectivity index (χ3n) is 3.60. The summed E-state index contributed by atoms with van der Waals surface area (Å²) in [7, 11) is 0. The molecule has 0 bridgehead atoms. The Balaban J connectivity index is 2.06. The van der Waals surface area contributed by atoms with Crippen LogP contribution in [0.2, 0.25) is 0 Å². The quantitative estimate of drug-likeness (QED) is 0.878. The summed E-state index contributed by atoms with van der Waals surface area (Å²) in [5.41, 5.74) is -0.658. The fourth-order valence-electron chi connectivity index (χ4n) is 2.24. The van der Waals surface area contributed by atoms with Gasteiger partial charge < -0.3 is 15.1 Å². The van der Waals surface area contributed by atoms with E-state index in [-0.39, 0.29) is 31.8 Å². The van der Waals surface area contributed by atoms with Crippen LogP contribution in [-0.4, -0.2) is 45.7 Å². The van der Waals surface area contributed by atoms with Crippen molar-refractivity contribution in [2.24, 2.45) is 0 Å². The predicted molar refractivity (Wildman–Crippen MR) is 71.4 cm³/mol. The molecular weight excluding hydrogens is 266 g/mol. The lowest BCUT2D eigenvalue weighted by molar-refractivity contribution is -0.162. The van der Waals surface area contributed by atoms with Gasteiger partial charge in [-0.15, -0.1) is 11.3 Å². The minimum absolute atomic E-state index is 0.0562. The van der Waals surface area contributed by atoms with Gasteiger partial charge in [0.2, 0.25) is 0 Å². The minimum Gasteiger partial charge on any atom is -0.479 e. The molecule has 0 saturated carbocycles. The van der Waals surface area contributed by atoms with Gasteiger partial charge in [0.25, 0.3) is 5.91 Å². The van der Waals surface area contributed by atoms with E-state index in [1.807, 2.05) is 18.4 Å². The van der Waals surface area contributed by atoms with Crippen LogP contribution in [0.15, 0.2) is 11.4 Å². The molecule has 1 aliphatic heterocycles. The summed E-state index contributed by atoms with van der Waals surface area (Å²) >= 11 is 1.41. The van der Waals surface area contributed by atoms with Crippen molar-refractivity contribution in [3.63, 3.8) is 0 Å². The molecule has 1 aliphatic rings. The van der Waals surface area contributed by atoms with Gasteiger partial charge in [0.1, 0.15) is 0 Å². The van der Waals surface area contributed by atoms with Crippen molar-refractivity contribution in [2.75, 3.05) is 13.1 Å². The van der Waals surface area contributed by atoms with Crippen LogP contribution in [0, 0.1) is 0 Å². The summed E-state index contributed by atoms with van der Waals surface area (Å²) in [5.74, 6) is -1.26. The van der Waals surface area contributed by atoms with Crippen molar-refractivity contribution in [2.45, 2.75) is 31.8 Å². The number of hydrogen-bond donors (Lipinski definition) is 2. The lowest BCUT2D eigenvalue weighted by Gasteiger charge is -2.35. The van der Waals surface area contributed by atoms with E-state index in [0.29, 0.717) is 0 Å². The van der Waals surface area contributed by atoms with Gasteiger partial charge in [-0.25, -0.2) is 4.79 Å². The molecule has 1 fully saturated rings. The van der Waals surface area contributed by atoms with Gasteiger partial charge in [-0.1, -0.05) is 6.92 Å².